The number of methoxy groups -OCH3 is 1. The minimum absolute atomic E-state index is 0.717. The fraction of sp³-hybridized carbons (Fsp3) is 1.00. The van der Waals surface area contributed by atoms with E-state index >= 15 is 0 Å². The Morgan fingerprint density at radius 2 is 2.00 bits per heavy atom. The molecule has 0 spiro atoms. The second-order valence-corrected chi connectivity index (χ2v) is 3.83. The quantitative estimate of drug-likeness (QED) is 0.616. The van der Waals surface area contributed by atoms with Gasteiger partial charge in [0.25, 0.3) is 0 Å². The van der Waals surface area contributed by atoms with Gasteiger partial charge in [-0.1, -0.05) is 13.8 Å². The Balaban J connectivity index is 3.60. The van der Waals surface area contributed by atoms with Gasteiger partial charge in [0.05, 0.1) is 6.61 Å². The van der Waals surface area contributed by atoms with Crippen LogP contribution in [0.5, 0.6) is 0 Å². The zero-order valence-electron chi connectivity index (χ0n) is 9.25. The smallest absolute Gasteiger partial charge is 0.0589 e. The molecule has 0 aromatic heterocycles. The van der Waals surface area contributed by atoms with Crippen molar-refractivity contribution >= 4 is 0 Å². The van der Waals surface area contributed by atoms with Crippen molar-refractivity contribution in [1.82, 2.24) is 4.90 Å². The van der Waals surface area contributed by atoms with Crippen LogP contribution in [-0.4, -0.2) is 44.8 Å². The lowest BCUT2D eigenvalue weighted by Gasteiger charge is -2.23. The highest BCUT2D eigenvalue weighted by atomic mass is 16.5. The Hall–Kier alpha value is -0.120. The summed E-state index contributed by atoms with van der Waals surface area (Å²) in [4.78, 5) is 2.42. The van der Waals surface area contributed by atoms with E-state index in [0.717, 1.165) is 45.1 Å². The van der Waals surface area contributed by atoms with Crippen LogP contribution in [0, 0.1) is 5.92 Å². The van der Waals surface area contributed by atoms with Gasteiger partial charge in [-0.05, 0) is 25.4 Å². The third-order valence-electron chi connectivity index (χ3n) is 1.91. The maximum Gasteiger partial charge on any atom is 0.0589 e. The molecule has 0 aromatic carbocycles. The summed E-state index contributed by atoms with van der Waals surface area (Å²) >= 11 is 0. The molecule has 0 saturated heterocycles. The Morgan fingerprint density at radius 3 is 2.46 bits per heavy atom. The van der Waals surface area contributed by atoms with Crippen molar-refractivity contribution in [1.29, 1.82) is 0 Å². The van der Waals surface area contributed by atoms with E-state index in [1.807, 2.05) is 0 Å². The highest BCUT2D eigenvalue weighted by molar-refractivity contribution is 4.60. The predicted molar refractivity (Wildman–Crippen MR) is 56.8 cm³/mol. The Bertz CT molecular complexity index is 99.1. The molecule has 0 rings (SSSR count). The van der Waals surface area contributed by atoms with Crippen LogP contribution in [0.4, 0.5) is 0 Å². The van der Waals surface area contributed by atoms with Crippen LogP contribution in [0.15, 0.2) is 0 Å². The third kappa shape index (κ3) is 8.22. The van der Waals surface area contributed by atoms with Crippen molar-refractivity contribution in [3.05, 3.63) is 0 Å². The van der Waals surface area contributed by atoms with Gasteiger partial charge >= 0.3 is 0 Å². The largest absolute Gasteiger partial charge is 0.383 e. The Kier molecular flexibility index (Phi) is 8.40. The molecule has 0 bridgehead atoms. The summed E-state index contributed by atoms with van der Waals surface area (Å²) in [5.41, 5.74) is 5.48. The number of hydrogen-bond donors (Lipinski definition) is 1. The fourth-order valence-electron chi connectivity index (χ4n) is 1.35. The van der Waals surface area contributed by atoms with Gasteiger partial charge in [0, 0.05) is 20.2 Å². The van der Waals surface area contributed by atoms with E-state index in [4.69, 9.17) is 10.5 Å². The lowest BCUT2D eigenvalue weighted by Crippen LogP contribution is -2.32. The topological polar surface area (TPSA) is 38.5 Å². The molecule has 0 aromatic rings. The first-order valence-corrected chi connectivity index (χ1v) is 5.12. The molecule has 0 fully saturated rings. The van der Waals surface area contributed by atoms with Crippen molar-refractivity contribution in [2.45, 2.75) is 20.3 Å². The molecule has 0 aliphatic rings. The van der Waals surface area contributed by atoms with E-state index in [0.29, 0.717) is 0 Å². The SMILES string of the molecule is COCCN(CCCN)CC(C)C. The maximum atomic E-state index is 5.48. The van der Waals surface area contributed by atoms with Gasteiger partial charge in [0.15, 0.2) is 0 Å². The Labute approximate surface area is 82.2 Å². The molecule has 0 radical (unpaired) electrons. The average molecular weight is 188 g/mol. The molecule has 13 heavy (non-hydrogen) atoms. The molecule has 3 heteroatoms. The van der Waals surface area contributed by atoms with Crippen LogP contribution < -0.4 is 5.73 Å². The predicted octanol–water partition coefficient (Wildman–Crippen LogP) is 0.940. The first kappa shape index (κ1) is 12.9. The average Bonchev–Trinajstić information content (AvgIpc) is 2.09. The molecule has 80 valence electrons. The molecular formula is C10H24N2O. The summed E-state index contributed by atoms with van der Waals surface area (Å²) < 4.78 is 5.06. The number of hydrogen-bond acceptors (Lipinski definition) is 3. The van der Waals surface area contributed by atoms with Crippen molar-refractivity contribution in [2.24, 2.45) is 11.7 Å². The fourth-order valence-corrected chi connectivity index (χ4v) is 1.35. The first-order chi connectivity index (χ1) is 6.20. The van der Waals surface area contributed by atoms with Crippen LogP contribution >= 0.6 is 0 Å². The van der Waals surface area contributed by atoms with Crippen molar-refractivity contribution in [2.75, 3.05) is 39.9 Å². The summed E-state index contributed by atoms with van der Waals surface area (Å²) in [7, 11) is 1.75. The second kappa shape index (κ2) is 8.48. The number of nitrogens with zero attached hydrogens (tertiary/aromatic N) is 1. The van der Waals surface area contributed by atoms with Crippen molar-refractivity contribution < 1.29 is 4.74 Å². The van der Waals surface area contributed by atoms with Gasteiger partial charge < -0.3 is 15.4 Å². The zero-order valence-corrected chi connectivity index (χ0v) is 9.25. The van der Waals surface area contributed by atoms with Gasteiger partial charge in [-0.2, -0.15) is 0 Å². The molecule has 0 aliphatic heterocycles. The minimum Gasteiger partial charge on any atom is -0.383 e. The summed E-state index contributed by atoms with van der Waals surface area (Å²) in [6.07, 6.45) is 1.08. The number of ether oxygens (including phenoxy) is 1. The number of nitrogens with two attached hydrogens (primary N) is 1. The number of rotatable bonds is 8. The van der Waals surface area contributed by atoms with Crippen molar-refractivity contribution in [3.63, 3.8) is 0 Å². The van der Waals surface area contributed by atoms with Crippen LogP contribution in [0.25, 0.3) is 0 Å². The van der Waals surface area contributed by atoms with Gasteiger partial charge in [0.2, 0.25) is 0 Å². The summed E-state index contributed by atoms with van der Waals surface area (Å²) in [5, 5.41) is 0. The van der Waals surface area contributed by atoms with Gasteiger partial charge in [-0.15, -0.1) is 0 Å². The molecule has 0 unspecified atom stereocenters. The van der Waals surface area contributed by atoms with Gasteiger partial charge in [-0.3, -0.25) is 0 Å². The van der Waals surface area contributed by atoms with E-state index in [1.165, 1.54) is 0 Å². The van der Waals surface area contributed by atoms with Crippen LogP contribution in [0.3, 0.4) is 0 Å². The third-order valence-corrected chi connectivity index (χ3v) is 1.91. The molecular weight excluding hydrogens is 164 g/mol. The first-order valence-electron chi connectivity index (χ1n) is 5.12. The molecule has 0 heterocycles. The summed E-state index contributed by atoms with van der Waals surface area (Å²) in [6.45, 7) is 9.33. The standard InChI is InChI=1S/C10H24N2O/c1-10(2)9-12(6-4-5-11)7-8-13-3/h10H,4-9,11H2,1-3H3. The van der Waals surface area contributed by atoms with Crippen molar-refractivity contribution in [3.8, 4) is 0 Å². The Morgan fingerprint density at radius 1 is 1.31 bits per heavy atom. The monoisotopic (exact) mass is 188 g/mol. The van der Waals surface area contributed by atoms with Gasteiger partial charge in [-0.25, -0.2) is 0 Å². The lowest BCUT2D eigenvalue weighted by atomic mass is 10.2. The zero-order chi connectivity index (χ0) is 10.1. The highest BCUT2D eigenvalue weighted by Gasteiger charge is 2.05. The molecule has 3 nitrogen and oxygen atoms in total. The minimum atomic E-state index is 0.717. The maximum absolute atomic E-state index is 5.48. The molecule has 0 atom stereocenters. The van der Waals surface area contributed by atoms with E-state index in [-0.39, 0.29) is 0 Å². The summed E-state index contributed by atoms with van der Waals surface area (Å²) in [5.74, 6) is 0.717. The molecule has 2 N–H and O–H groups in total. The normalized spacial score (nSPS) is 11.5. The van der Waals surface area contributed by atoms with Gasteiger partial charge in [0.1, 0.15) is 0 Å². The van der Waals surface area contributed by atoms with E-state index in [1.54, 1.807) is 7.11 Å². The second-order valence-electron chi connectivity index (χ2n) is 3.83. The van der Waals surface area contributed by atoms with E-state index in [2.05, 4.69) is 18.7 Å². The van der Waals surface area contributed by atoms with Crippen LogP contribution in [-0.2, 0) is 4.74 Å². The molecule has 0 amide bonds. The lowest BCUT2D eigenvalue weighted by molar-refractivity contribution is 0.139. The highest BCUT2D eigenvalue weighted by Crippen LogP contribution is 1.99. The molecule has 0 saturated carbocycles. The summed E-state index contributed by atoms with van der Waals surface area (Å²) in [6, 6.07) is 0. The molecule has 0 aliphatic carbocycles. The van der Waals surface area contributed by atoms with Crippen LogP contribution in [0.1, 0.15) is 20.3 Å². The van der Waals surface area contributed by atoms with Crippen LogP contribution in [0.2, 0.25) is 0 Å². The van der Waals surface area contributed by atoms with E-state index in [9.17, 15) is 0 Å². The van der Waals surface area contributed by atoms with E-state index < -0.39 is 0 Å².